The zero-order valence-corrected chi connectivity index (χ0v) is 16.5. The van der Waals surface area contributed by atoms with E-state index in [1.165, 1.54) is 38.5 Å². The summed E-state index contributed by atoms with van der Waals surface area (Å²) in [6, 6.07) is 0. The van der Waals surface area contributed by atoms with Gasteiger partial charge in [-0.05, 0) is 39.3 Å². The highest BCUT2D eigenvalue weighted by Crippen LogP contribution is 2.30. The summed E-state index contributed by atoms with van der Waals surface area (Å²) in [5.41, 5.74) is 0.243. The van der Waals surface area contributed by atoms with Gasteiger partial charge in [-0.1, -0.05) is 59.0 Å². The van der Waals surface area contributed by atoms with Crippen molar-refractivity contribution in [1.82, 2.24) is 9.80 Å². The van der Waals surface area contributed by atoms with E-state index in [0.29, 0.717) is 0 Å². The highest BCUT2D eigenvalue weighted by molar-refractivity contribution is 5.87. The number of amides is 1. The van der Waals surface area contributed by atoms with Gasteiger partial charge >= 0.3 is 0 Å². The Kier molecular flexibility index (Phi) is 12.1. The lowest BCUT2D eigenvalue weighted by atomic mass is 9.81. The number of unbranched alkanes of at least 4 members (excludes halogenated alkanes) is 4. The monoisotopic (exact) mass is 324 g/mol. The number of hydrogen-bond donors (Lipinski definition) is 0. The first-order valence-corrected chi connectivity index (χ1v) is 9.48. The van der Waals surface area contributed by atoms with Gasteiger partial charge in [0, 0.05) is 25.7 Å². The molecule has 136 valence electrons. The fourth-order valence-corrected chi connectivity index (χ4v) is 2.80. The largest absolute Gasteiger partial charge is 0.339 e. The Morgan fingerprint density at radius 2 is 1.70 bits per heavy atom. The molecule has 0 rings (SSSR count). The molecule has 0 radical (unpaired) electrons. The van der Waals surface area contributed by atoms with Crippen LogP contribution >= 0.6 is 0 Å². The Bertz CT molecular complexity index is 339. The molecule has 0 saturated heterocycles. The molecule has 0 aromatic rings. The van der Waals surface area contributed by atoms with E-state index in [2.05, 4.69) is 32.6 Å². The van der Waals surface area contributed by atoms with Crippen LogP contribution in [0.4, 0.5) is 0 Å². The first-order chi connectivity index (χ1) is 10.9. The normalized spacial score (nSPS) is 14.4. The number of likely N-dealkylation sites (N-methyl/N-ethyl adjacent to an activating group) is 2. The maximum Gasteiger partial charge on any atom is 0.246 e. The highest BCUT2D eigenvalue weighted by atomic mass is 16.2. The number of nitrogens with zero attached hydrogens (tertiary/aromatic N) is 2. The second kappa shape index (κ2) is 12.6. The number of carbonyl (C=O) groups is 1. The average Bonchev–Trinajstić information content (AvgIpc) is 2.52. The molecule has 0 aromatic heterocycles. The van der Waals surface area contributed by atoms with Gasteiger partial charge in [-0.3, -0.25) is 4.79 Å². The summed E-state index contributed by atoms with van der Waals surface area (Å²) >= 11 is 0. The van der Waals surface area contributed by atoms with Crippen LogP contribution < -0.4 is 0 Å². The quantitative estimate of drug-likeness (QED) is 0.361. The van der Waals surface area contributed by atoms with E-state index in [1.54, 1.807) is 6.08 Å². The van der Waals surface area contributed by atoms with Crippen molar-refractivity contribution in [1.29, 1.82) is 0 Å². The summed E-state index contributed by atoms with van der Waals surface area (Å²) in [5.74, 6) is 0.153. The van der Waals surface area contributed by atoms with Crippen molar-refractivity contribution >= 4 is 5.91 Å². The Labute approximate surface area is 145 Å². The average molecular weight is 325 g/mol. The molecule has 3 heteroatoms. The van der Waals surface area contributed by atoms with E-state index in [-0.39, 0.29) is 11.3 Å². The second-order valence-corrected chi connectivity index (χ2v) is 7.35. The van der Waals surface area contributed by atoms with Crippen LogP contribution in [-0.4, -0.2) is 49.4 Å². The number of hydrogen-bond acceptors (Lipinski definition) is 2. The SMILES string of the molecule is CCCCCCCC(C)(CC)CN(CC)C(=O)/C=C/CN(C)C. The van der Waals surface area contributed by atoms with Crippen molar-refractivity contribution in [2.45, 2.75) is 72.6 Å². The van der Waals surface area contributed by atoms with Crippen LogP contribution in [0.25, 0.3) is 0 Å². The molecule has 1 atom stereocenters. The van der Waals surface area contributed by atoms with Crippen LogP contribution in [0.2, 0.25) is 0 Å². The summed E-state index contributed by atoms with van der Waals surface area (Å²) < 4.78 is 0. The molecule has 0 aromatic carbocycles. The van der Waals surface area contributed by atoms with Gasteiger partial charge in [-0.25, -0.2) is 0 Å². The van der Waals surface area contributed by atoms with Crippen LogP contribution in [-0.2, 0) is 4.79 Å². The molecule has 0 saturated carbocycles. The van der Waals surface area contributed by atoms with Gasteiger partial charge in [-0.2, -0.15) is 0 Å². The zero-order valence-electron chi connectivity index (χ0n) is 16.5. The first-order valence-electron chi connectivity index (χ1n) is 9.48. The standard InChI is InChI=1S/C20H40N2O/c1-7-10-11-12-13-16-20(4,8-2)18-22(9-3)19(23)15-14-17-21(5)6/h14-15H,7-13,16-18H2,1-6H3/b15-14+. The molecule has 0 heterocycles. The summed E-state index contributed by atoms with van der Waals surface area (Å²) in [6.45, 7) is 11.4. The van der Waals surface area contributed by atoms with Gasteiger partial charge in [0.05, 0.1) is 0 Å². The molecule has 1 unspecified atom stereocenters. The topological polar surface area (TPSA) is 23.6 Å². The van der Waals surface area contributed by atoms with Crippen molar-refractivity contribution in [2.75, 3.05) is 33.7 Å². The van der Waals surface area contributed by atoms with Crippen LogP contribution in [0.1, 0.15) is 72.6 Å². The lowest BCUT2D eigenvalue weighted by Crippen LogP contribution is -2.39. The van der Waals surface area contributed by atoms with Crippen LogP contribution in [0.15, 0.2) is 12.2 Å². The predicted octanol–water partition coefficient (Wildman–Crippen LogP) is 4.73. The molecule has 0 fully saturated rings. The molecule has 23 heavy (non-hydrogen) atoms. The molecular weight excluding hydrogens is 284 g/mol. The summed E-state index contributed by atoms with van der Waals surface area (Å²) in [5, 5.41) is 0. The van der Waals surface area contributed by atoms with Crippen LogP contribution in [0, 0.1) is 5.41 Å². The van der Waals surface area contributed by atoms with Crippen molar-refractivity contribution in [3.63, 3.8) is 0 Å². The van der Waals surface area contributed by atoms with Crippen molar-refractivity contribution in [3.8, 4) is 0 Å². The highest BCUT2D eigenvalue weighted by Gasteiger charge is 2.25. The van der Waals surface area contributed by atoms with Gasteiger partial charge in [0.15, 0.2) is 0 Å². The fraction of sp³-hybridized carbons (Fsp3) is 0.850. The third-order valence-corrected chi connectivity index (χ3v) is 4.73. The Balaban J connectivity index is 4.46. The third kappa shape index (κ3) is 10.5. The molecule has 0 N–H and O–H groups in total. The molecule has 0 spiro atoms. The summed E-state index contributed by atoms with van der Waals surface area (Å²) in [6.07, 6.45) is 12.6. The van der Waals surface area contributed by atoms with E-state index in [0.717, 1.165) is 26.1 Å². The lowest BCUT2D eigenvalue weighted by Gasteiger charge is -2.34. The number of carbonyl (C=O) groups excluding carboxylic acids is 1. The molecule has 3 nitrogen and oxygen atoms in total. The summed E-state index contributed by atoms with van der Waals surface area (Å²) in [7, 11) is 4.03. The third-order valence-electron chi connectivity index (χ3n) is 4.73. The van der Waals surface area contributed by atoms with Crippen molar-refractivity contribution < 1.29 is 4.79 Å². The molecule has 0 aliphatic rings. The molecule has 0 aliphatic carbocycles. The number of rotatable bonds is 13. The van der Waals surface area contributed by atoms with Gasteiger partial charge < -0.3 is 9.80 Å². The Morgan fingerprint density at radius 1 is 1.04 bits per heavy atom. The Morgan fingerprint density at radius 3 is 2.22 bits per heavy atom. The molecule has 0 bridgehead atoms. The maximum absolute atomic E-state index is 12.4. The van der Waals surface area contributed by atoms with Crippen molar-refractivity contribution in [2.24, 2.45) is 5.41 Å². The lowest BCUT2D eigenvalue weighted by molar-refractivity contribution is -0.127. The molecular formula is C20H40N2O. The zero-order chi connectivity index (χ0) is 17.7. The van der Waals surface area contributed by atoms with E-state index < -0.39 is 0 Å². The van der Waals surface area contributed by atoms with E-state index in [9.17, 15) is 4.79 Å². The molecule has 0 aliphatic heterocycles. The van der Waals surface area contributed by atoms with Gasteiger partial charge in [0.2, 0.25) is 5.91 Å². The minimum atomic E-state index is 0.153. The van der Waals surface area contributed by atoms with E-state index in [1.807, 2.05) is 25.1 Å². The van der Waals surface area contributed by atoms with E-state index in [4.69, 9.17) is 0 Å². The smallest absolute Gasteiger partial charge is 0.246 e. The van der Waals surface area contributed by atoms with Crippen molar-refractivity contribution in [3.05, 3.63) is 12.2 Å². The summed E-state index contributed by atoms with van der Waals surface area (Å²) in [4.78, 5) is 16.4. The first kappa shape index (κ1) is 22.2. The minimum Gasteiger partial charge on any atom is -0.339 e. The predicted molar refractivity (Wildman–Crippen MR) is 102 cm³/mol. The van der Waals surface area contributed by atoms with E-state index >= 15 is 0 Å². The fourth-order valence-electron chi connectivity index (χ4n) is 2.80. The molecule has 1 amide bonds. The minimum absolute atomic E-state index is 0.153. The Hall–Kier alpha value is -0.830. The van der Waals surface area contributed by atoms with Gasteiger partial charge in [-0.15, -0.1) is 0 Å². The second-order valence-electron chi connectivity index (χ2n) is 7.35. The maximum atomic E-state index is 12.4. The van der Waals surface area contributed by atoms with Gasteiger partial charge in [0.25, 0.3) is 0 Å². The van der Waals surface area contributed by atoms with Crippen LogP contribution in [0.5, 0.6) is 0 Å². The van der Waals surface area contributed by atoms with Crippen LogP contribution in [0.3, 0.4) is 0 Å². The van der Waals surface area contributed by atoms with Gasteiger partial charge in [0.1, 0.15) is 0 Å².